The van der Waals surface area contributed by atoms with Crippen LogP contribution in [0.4, 0.5) is 0 Å². The number of nitrogens with one attached hydrogen (secondary N) is 3. The zero-order valence-electron chi connectivity index (χ0n) is 16.7. The molecule has 4 N–H and O–H groups in total. The average molecular weight is 375 g/mol. The van der Waals surface area contributed by atoms with E-state index in [1.54, 1.807) is 13.1 Å². The SMILES string of the molecule is CCNC(=NCc1cccc(C(=O)NC)c1)NCC1(CCO)CCCCC1. The summed E-state index contributed by atoms with van der Waals surface area (Å²) in [5.74, 6) is 0.694. The van der Waals surface area contributed by atoms with Crippen LogP contribution in [0.5, 0.6) is 0 Å². The first-order valence-corrected chi connectivity index (χ1v) is 10.1. The molecule has 1 fully saturated rings. The zero-order valence-corrected chi connectivity index (χ0v) is 16.7. The highest BCUT2D eigenvalue weighted by Crippen LogP contribution is 2.38. The Morgan fingerprint density at radius 1 is 1.22 bits per heavy atom. The predicted octanol–water partition coefficient (Wildman–Crippen LogP) is 2.43. The van der Waals surface area contributed by atoms with Gasteiger partial charge >= 0.3 is 0 Å². The molecule has 6 nitrogen and oxygen atoms in total. The second-order valence-electron chi connectivity index (χ2n) is 7.36. The molecule has 0 aromatic heterocycles. The lowest BCUT2D eigenvalue weighted by Crippen LogP contribution is -2.44. The van der Waals surface area contributed by atoms with Gasteiger partial charge in [0, 0.05) is 32.3 Å². The van der Waals surface area contributed by atoms with Crippen LogP contribution in [0.25, 0.3) is 0 Å². The molecule has 0 radical (unpaired) electrons. The molecular formula is C21H34N4O2. The van der Waals surface area contributed by atoms with Crippen molar-refractivity contribution in [2.45, 2.75) is 52.0 Å². The molecule has 2 rings (SSSR count). The van der Waals surface area contributed by atoms with Crippen LogP contribution in [0.15, 0.2) is 29.3 Å². The number of benzene rings is 1. The van der Waals surface area contributed by atoms with Gasteiger partial charge in [0.2, 0.25) is 0 Å². The van der Waals surface area contributed by atoms with E-state index in [0.717, 1.165) is 43.9 Å². The van der Waals surface area contributed by atoms with Crippen molar-refractivity contribution in [1.82, 2.24) is 16.0 Å². The van der Waals surface area contributed by atoms with Gasteiger partial charge in [-0.25, -0.2) is 4.99 Å². The summed E-state index contributed by atoms with van der Waals surface area (Å²) in [6.45, 7) is 4.41. The van der Waals surface area contributed by atoms with E-state index >= 15 is 0 Å². The third kappa shape index (κ3) is 6.54. The minimum Gasteiger partial charge on any atom is -0.396 e. The maximum Gasteiger partial charge on any atom is 0.251 e. The first-order valence-electron chi connectivity index (χ1n) is 10.1. The van der Waals surface area contributed by atoms with E-state index in [4.69, 9.17) is 0 Å². The topological polar surface area (TPSA) is 85.8 Å². The van der Waals surface area contributed by atoms with Crippen molar-refractivity contribution in [3.63, 3.8) is 0 Å². The molecule has 1 aromatic rings. The highest BCUT2D eigenvalue weighted by Gasteiger charge is 2.31. The Morgan fingerprint density at radius 3 is 2.67 bits per heavy atom. The third-order valence-electron chi connectivity index (χ3n) is 5.37. The number of hydrogen-bond acceptors (Lipinski definition) is 3. The summed E-state index contributed by atoms with van der Waals surface area (Å²) >= 11 is 0. The lowest BCUT2D eigenvalue weighted by atomic mass is 9.72. The lowest BCUT2D eigenvalue weighted by molar-refractivity contribution is 0.0963. The Kier molecular flexibility index (Phi) is 8.58. The first kappa shape index (κ1) is 21.2. The number of amides is 1. The molecule has 6 heteroatoms. The molecule has 27 heavy (non-hydrogen) atoms. The molecule has 0 spiro atoms. The minimum absolute atomic E-state index is 0.0888. The maximum atomic E-state index is 11.8. The summed E-state index contributed by atoms with van der Waals surface area (Å²) in [5, 5.41) is 18.9. The van der Waals surface area contributed by atoms with Crippen molar-refractivity contribution in [3.05, 3.63) is 35.4 Å². The van der Waals surface area contributed by atoms with Gasteiger partial charge in [0.25, 0.3) is 5.91 Å². The fraction of sp³-hybridized carbons (Fsp3) is 0.619. The molecule has 0 saturated heterocycles. The molecule has 150 valence electrons. The van der Waals surface area contributed by atoms with Crippen LogP contribution in [0.3, 0.4) is 0 Å². The standard InChI is InChI=1S/C21H34N4O2/c1-3-23-20(25-16-21(12-13-26)10-5-4-6-11-21)24-15-17-8-7-9-18(14-17)19(27)22-2/h7-9,14,26H,3-6,10-13,15-16H2,1-2H3,(H,22,27)(H2,23,24,25). The van der Waals surface area contributed by atoms with Crippen LogP contribution in [0, 0.1) is 5.41 Å². The molecule has 1 aromatic carbocycles. The van der Waals surface area contributed by atoms with Gasteiger partial charge in [-0.05, 0) is 49.3 Å². The first-order chi connectivity index (χ1) is 13.1. The van der Waals surface area contributed by atoms with Gasteiger partial charge in [0.1, 0.15) is 0 Å². The second kappa shape index (κ2) is 10.9. The van der Waals surface area contributed by atoms with E-state index in [9.17, 15) is 9.90 Å². The van der Waals surface area contributed by atoms with Gasteiger partial charge in [-0.1, -0.05) is 31.4 Å². The molecule has 0 unspecified atom stereocenters. The van der Waals surface area contributed by atoms with Gasteiger partial charge in [-0.15, -0.1) is 0 Å². The molecule has 0 aliphatic heterocycles. The number of aliphatic hydroxyl groups is 1. The Balaban J connectivity index is 2.02. The van der Waals surface area contributed by atoms with E-state index in [1.807, 2.05) is 25.1 Å². The molecule has 0 atom stereocenters. The number of rotatable bonds is 8. The van der Waals surface area contributed by atoms with Crippen molar-refractivity contribution in [2.75, 3.05) is 26.7 Å². The van der Waals surface area contributed by atoms with Gasteiger partial charge in [0.05, 0.1) is 6.54 Å². The highest BCUT2D eigenvalue weighted by molar-refractivity contribution is 5.94. The summed E-state index contributed by atoms with van der Waals surface area (Å²) in [5.41, 5.74) is 1.81. The number of nitrogens with zero attached hydrogens (tertiary/aromatic N) is 1. The van der Waals surface area contributed by atoms with Crippen LogP contribution < -0.4 is 16.0 Å². The normalized spacial score (nSPS) is 16.6. The van der Waals surface area contributed by atoms with Crippen LogP contribution in [0.2, 0.25) is 0 Å². The van der Waals surface area contributed by atoms with Gasteiger partial charge < -0.3 is 21.1 Å². The zero-order chi connectivity index (χ0) is 19.5. The molecule has 1 amide bonds. The molecular weight excluding hydrogens is 340 g/mol. The number of carbonyl (C=O) groups excluding carboxylic acids is 1. The number of guanidine groups is 1. The fourth-order valence-electron chi connectivity index (χ4n) is 3.79. The second-order valence-corrected chi connectivity index (χ2v) is 7.36. The highest BCUT2D eigenvalue weighted by atomic mass is 16.3. The number of aliphatic hydroxyl groups excluding tert-OH is 1. The Morgan fingerprint density at radius 2 is 2.00 bits per heavy atom. The van der Waals surface area contributed by atoms with Crippen molar-refractivity contribution < 1.29 is 9.90 Å². The Bertz CT molecular complexity index is 619. The summed E-state index contributed by atoms with van der Waals surface area (Å²) in [6.07, 6.45) is 6.93. The van der Waals surface area contributed by atoms with E-state index in [1.165, 1.54) is 19.3 Å². The molecule has 0 heterocycles. The summed E-state index contributed by atoms with van der Waals surface area (Å²) < 4.78 is 0. The quantitative estimate of drug-likeness (QED) is 0.416. The van der Waals surface area contributed by atoms with E-state index < -0.39 is 0 Å². The van der Waals surface area contributed by atoms with E-state index in [2.05, 4.69) is 20.9 Å². The molecule has 1 aliphatic carbocycles. The summed E-state index contributed by atoms with van der Waals surface area (Å²) in [7, 11) is 1.63. The van der Waals surface area contributed by atoms with Crippen LogP contribution >= 0.6 is 0 Å². The van der Waals surface area contributed by atoms with Gasteiger partial charge in [-0.3, -0.25) is 4.79 Å². The maximum absolute atomic E-state index is 11.8. The van der Waals surface area contributed by atoms with Crippen LogP contribution in [-0.4, -0.2) is 43.7 Å². The number of aliphatic imine (C=N–C) groups is 1. The third-order valence-corrected chi connectivity index (χ3v) is 5.37. The number of carbonyl (C=O) groups is 1. The van der Waals surface area contributed by atoms with Crippen molar-refractivity contribution in [1.29, 1.82) is 0 Å². The van der Waals surface area contributed by atoms with Crippen molar-refractivity contribution in [3.8, 4) is 0 Å². The van der Waals surface area contributed by atoms with E-state index in [-0.39, 0.29) is 17.9 Å². The number of hydrogen-bond donors (Lipinski definition) is 4. The Labute approximate surface area is 162 Å². The average Bonchev–Trinajstić information content (AvgIpc) is 2.70. The smallest absolute Gasteiger partial charge is 0.251 e. The molecule has 1 saturated carbocycles. The molecule has 1 aliphatic rings. The van der Waals surface area contributed by atoms with Gasteiger partial charge in [-0.2, -0.15) is 0 Å². The van der Waals surface area contributed by atoms with Gasteiger partial charge in [0.15, 0.2) is 5.96 Å². The fourth-order valence-corrected chi connectivity index (χ4v) is 3.79. The summed E-state index contributed by atoms with van der Waals surface area (Å²) in [4.78, 5) is 16.5. The van der Waals surface area contributed by atoms with Crippen LogP contribution in [0.1, 0.15) is 61.4 Å². The largest absolute Gasteiger partial charge is 0.396 e. The van der Waals surface area contributed by atoms with E-state index in [0.29, 0.717) is 12.1 Å². The predicted molar refractivity (Wildman–Crippen MR) is 110 cm³/mol. The van der Waals surface area contributed by atoms with Crippen LogP contribution in [-0.2, 0) is 6.54 Å². The lowest BCUT2D eigenvalue weighted by Gasteiger charge is -2.37. The minimum atomic E-state index is -0.0888. The monoisotopic (exact) mass is 374 g/mol. The molecule has 0 bridgehead atoms. The van der Waals surface area contributed by atoms with Crippen molar-refractivity contribution >= 4 is 11.9 Å². The summed E-state index contributed by atoms with van der Waals surface area (Å²) in [6, 6.07) is 7.54. The van der Waals surface area contributed by atoms with Crippen molar-refractivity contribution in [2.24, 2.45) is 10.4 Å². The Hall–Kier alpha value is -2.08.